The molecule has 0 saturated heterocycles. The lowest BCUT2D eigenvalue weighted by Gasteiger charge is -2.20. The van der Waals surface area contributed by atoms with E-state index in [0.717, 1.165) is 28.2 Å². The van der Waals surface area contributed by atoms with Gasteiger partial charge in [0.15, 0.2) is 5.76 Å². The Labute approximate surface area is 164 Å². The minimum Gasteiger partial charge on any atom is -0.497 e. The molecular formula is C22H23NO5. The number of carbonyl (C=O) groups is 1. The fourth-order valence-corrected chi connectivity index (χ4v) is 3.04. The quantitative estimate of drug-likeness (QED) is 0.591. The lowest BCUT2D eigenvalue weighted by atomic mass is 9.60. The van der Waals surface area contributed by atoms with Gasteiger partial charge in [-0.05, 0) is 55.8 Å². The van der Waals surface area contributed by atoms with Crippen LogP contribution in [0.4, 0.5) is 0 Å². The Morgan fingerprint density at radius 1 is 0.857 bits per heavy atom. The van der Waals surface area contributed by atoms with Crippen LogP contribution < -0.4 is 9.47 Å². The summed E-state index contributed by atoms with van der Waals surface area (Å²) >= 11 is 0. The van der Waals surface area contributed by atoms with Crippen molar-refractivity contribution in [2.45, 2.75) is 19.3 Å². The Hall–Kier alpha value is -3.28. The number of aromatic nitrogens is 1. The Morgan fingerprint density at radius 2 is 1.36 bits per heavy atom. The number of ether oxygens (including phenoxy) is 3. The first-order chi connectivity index (χ1) is 13.4. The summed E-state index contributed by atoms with van der Waals surface area (Å²) in [4.78, 5) is 12.4. The van der Waals surface area contributed by atoms with Gasteiger partial charge in [-0.15, -0.1) is 0 Å². The minimum atomic E-state index is -1.01. The Balaban J connectivity index is 2.20. The maximum absolute atomic E-state index is 12.4. The van der Waals surface area contributed by atoms with Gasteiger partial charge >= 0.3 is 5.97 Å². The van der Waals surface area contributed by atoms with Gasteiger partial charge in [-0.1, -0.05) is 17.3 Å². The molecule has 0 aliphatic carbocycles. The van der Waals surface area contributed by atoms with Crippen molar-refractivity contribution in [2.75, 3.05) is 21.3 Å². The second-order valence-corrected chi connectivity index (χ2v) is 6.81. The summed E-state index contributed by atoms with van der Waals surface area (Å²) in [6.07, 6.45) is 0. The highest BCUT2D eigenvalue weighted by molar-refractivity contribution is 5.89. The molecule has 0 aliphatic rings. The van der Waals surface area contributed by atoms with E-state index in [-0.39, 0.29) is 0 Å². The normalized spacial score (nSPS) is 11.2. The number of nitrogens with zero attached hydrogens (tertiary/aromatic N) is 1. The number of esters is 1. The molecule has 6 nitrogen and oxygen atoms in total. The standard InChI is InChI=1S/C22H23NO5/c1-22(2,21(24)27-5)20-18(14-6-10-16(25-3)11-7-14)19(23-28-20)15-8-12-17(26-4)13-9-15/h6-13H,1-5H3/i1-1,2-1,3-1,4-1,5-1. The predicted molar refractivity (Wildman–Crippen MR) is 106 cm³/mol. The van der Waals surface area contributed by atoms with Crippen LogP contribution in [0.1, 0.15) is 19.6 Å². The van der Waals surface area contributed by atoms with Crippen molar-refractivity contribution in [1.82, 2.24) is 5.16 Å². The molecule has 0 spiro atoms. The van der Waals surface area contributed by atoms with Crippen molar-refractivity contribution in [3.63, 3.8) is 0 Å². The lowest BCUT2D eigenvalue weighted by Crippen LogP contribution is -2.30. The number of carbonyl (C=O) groups excluding carboxylic acids is 1. The minimum absolute atomic E-state index is 0.403. The van der Waals surface area contributed by atoms with Gasteiger partial charge in [0, 0.05) is 5.56 Å². The first-order valence-electron chi connectivity index (χ1n) is 8.79. The Kier molecular flexibility index (Phi) is 5.40. The zero-order valence-corrected chi connectivity index (χ0v) is 16.6. The molecule has 28 heavy (non-hydrogen) atoms. The average molecular weight is 376 g/mol. The fraction of sp³-hybridized carbons (Fsp3) is 0.273. The summed E-state index contributed by atoms with van der Waals surface area (Å²) < 4.78 is 21.2. The van der Waals surface area contributed by atoms with Crippen molar-refractivity contribution in [3.05, 3.63) is 54.3 Å². The van der Waals surface area contributed by atoms with E-state index < -0.39 is 11.4 Å². The van der Waals surface area contributed by atoms with Crippen LogP contribution in [0.15, 0.2) is 53.1 Å². The van der Waals surface area contributed by atoms with Crippen molar-refractivity contribution in [3.8, 4) is 33.9 Å². The number of methoxy groups -OCH3 is 3. The van der Waals surface area contributed by atoms with Crippen molar-refractivity contribution >= 4 is 5.97 Å². The van der Waals surface area contributed by atoms with Gasteiger partial charge in [0.1, 0.15) is 22.6 Å². The summed E-state index contributed by atoms with van der Waals surface area (Å²) in [5, 5.41) is 4.29. The van der Waals surface area contributed by atoms with Crippen LogP contribution in [0.2, 0.25) is 0 Å². The molecule has 146 valence electrons. The molecule has 1 aromatic heterocycles. The van der Waals surface area contributed by atoms with Crippen LogP contribution in [0.25, 0.3) is 22.4 Å². The van der Waals surface area contributed by atoms with E-state index in [1.165, 1.54) is 7.11 Å². The number of benzene rings is 2. The van der Waals surface area contributed by atoms with Crippen molar-refractivity contribution in [1.29, 1.82) is 0 Å². The van der Waals surface area contributed by atoms with Crippen LogP contribution in [0.5, 0.6) is 11.5 Å². The summed E-state index contributed by atoms with van der Waals surface area (Å²) in [6.45, 7) is 3.51. The molecule has 2 aromatic carbocycles. The topological polar surface area (TPSA) is 70.8 Å². The second kappa shape index (κ2) is 7.76. The van der Waals surface area contributed by atoms with Gasteiger partial charge in [0.25, 0.3) is 0 Å². The summed E-state index contributed by atoms with van der Waals surface area (Å²) in [5.74, 6) is 1.52. The molecule has 0 atom stereocenters. The second-order valence-electron chi connectivity index (χ2n) is 6.81. The van der Waals surface area contributed by atoms with Crippen LogP contribution >= 0.6 is 0 Å². The SMILES string of the molecule is [11CH3]OC(=O)C([11CH3])([11CH3])c1onc(-c2ccc(O[11CH3])cc2)c1-c1ccc(O[11CH3])cc1. The highest BCUT2D eigenvalue weighted by Crippen LogP contribution is 2.41. The van der Waals surface area contributed by atoms with E-state index in [4.69, 9.17) is 18.7 Å². The molecule has 0 saturated carbocycles. The molecule has 0 amide bonds. The number of rotatable bonds is 6. The highest BCUT2D eigenvalue weighted by Gasteiger charge is 2.39. The number of hydrogen-bond acceptors (Lipinski definition) is 6. The van der Waals surface area contributed by atoms with E-state index in [9.17, 15) is 4.79 Å². The molecule has 0 unspecified atom stereocenters. The first kappa shape index (κ1) is 19.5. The average Bonchev–Trinajstić information content (AvgIpc) is 3.19. The summed E-state index contributed by atoms with van der Waals surface area (Å²) in [7, 11) is 4.59. The van der Waals surface area contributed by atoms with Gasteiger partial charge in [-0.2, -0.15) is 0 Å². The first-order valence-corrected chi connectivity index (χ1v) is 8.79. The molecule has 3 rings (SSSR count). The Morgan fingerprint density at radius 3 is 1.82 bits per heavy atom. The molecule has 0 radical (unpaired) electrons. The molecule has 1 heterocycles. The van der Waals surface area contributed by atoms with E-state index in [0.29, 0.717) is 11.5 Å². The van der Waals surface area contributed by atoms with Gasteiger partial charge < -0.3 is 18.7 Å². The Bertz CT molecular complexity index is 956. The zero-order chi connectivity index (χ0) is 20.3. The molecule has 0 fully saturated rings. The number of hydrogen-bond donors (Lipinski definition) is 0. The van der Waals surface area contributed by atoms with Crippen LogP contribution in [-0.2, 0) is 14.9 Å². The zero-order valence-electron chi connectivity index (χ0n) is 16.6. The van der Waals surface area contributed by atoms with Crippen molar-refractivity contribution < 1.29 is 23.5 Å². The summed E-state index contributed by atoms with van der Waals surface area (Å²) in [5.41, 5.74) is 2.08. The monoisotopic (exact) mass is 376 g/mol. The van der Waals surface area contributed by atoms with E-state index >= 15 is 0 Å². The van der Waals surface area contributed by atoms with Crippen LogP contribution in [0, 0.1) is 0 Å². The van der Waals surface area contributed by atoms with Gasteiger partial charge in [0.2, 0.25) is 0 Å². The maximum atomic E-state index is 12.4. The van der Waals surface area contributed by atoms with Gasteiger partial charge in [-0.3, -0.25) is 4.79 Å². The molecule has 0 N–H and O–H groups in total. The fourth-order valence-electron chi connectivity index (χ4n) is 3.04. The largest absolute Gasteiger partial charge is 0.497 e. The molecule has 0 aliphatic heterocycles. The predicted octanol–water partition coefficient (Wildman–Crippen LogP) is 4.48. The van der Waals surface area contributed by atoms with Crippen molar-refractivity contribution in [2.24, 2.45) is 0 Å². The van der Waals surface area contributed by atoms with E-state index in [1.54, 1.807) is 28.1 Å². The van der Waals surface area contributed by atoms with E-state index in [2.05, 4.69) is 5.16 Å². The molecular weight excluding hydrogens is 353 g/mol. The lowest BCUT2D eigenvalue weighted by molar-refractivity contribution is -0.146. The van der Waals surface area contributed by atoms with Crippen LogP contribution in [-0.4, -0.2) is 32.5 Å². The van der Waals surface area contributed by atoms with Crippen LogP contribution in [0.3, 0.4) is 0 Å². The van der Waals surface area contributed by atoms with Gasteiger partial charge in [0.05, 0.1) is 26.9 Å². The smallest absolute Gasteiger partial charge is 0.319 e. The third-order valence-electron chi connectivity index (χ3n) is 4.70. The third-order valence-corrected chi connectivity index (χ3v) is 4.70. The highest BCUT2D eigenvalue weighted by atomic mass is 16.5. The summed E-state index contributed by atoms with van der Waals surface area (Å²) in [6, 6.07) is 15.0. The maximum Gasteiger partial charge on any atom is 0.319 e. The molecule has 6 heteroatoms. The van der Waals surface area contributed by atoms with E-state index in [1.807, 2.05) is 48.5 Å². The molecule has 3 aromatic rings. The third kappa shape index (κ3) is 3.45. The molecule has 0 bridgehead atoms. The van der Waals surface area contributed by atoms with Gasteiger partial charge in [-0.25, -0.2) is 0 Å².